The van der Waals surface area contributed by atoms with Gasteiger partial charge in [0.05, 0.1) is 5.56 Å². The van der Waals surface area contributed by atoms with Crippen molar-refractivity contribution >= 4 is 5.84 Å². The van der Waals surface area contributed by atoms with Crippen LogP contribution in [0.5, 0.6) is 11.5 Å². The average molecular weight is 281 g/mol. The van der Waals surface area contributed by atoms with E-state index in [2.05, 4.69) is 4.98 Å². The van der Waals surface area contributed by atoms with Gasteiger partial charge < -0.3 is 10.5 Å². The molecular weight excluding hydrogens is 271 g/mol. The van der Waals surface area contributed by atoms with Gasteiger partial charge >= 0.3 is 6.18 Å². The number of ether oxygens (including phenoxy) is 1. The number of para-hydroxylation sites is 1. The van der Waals surface area contributed by atoms with Crippen molar-refractivity contribution in [1.29, 1.82) is 5.41 Å². The monoisotopic (exact) mass is 281 g/mol. The van der Waals surface area contributed by atoms with Crippen LogP contribution in [-0.2, 0) is 6.18 Å². The Balaban J connectivity index is 2.36. The van der Waals surface area contributed by atoms with Crippen LogP contribution in [0.3, 0.4) is 0 Å². The molecule has 3 N–H and O–H groups in total. The first kappa shape index (κ1) is 13.9. The molecule has 0 saturated carbocycles. The highest BCUT2D eigenvalue weighted by Crippen LogP contribution is 2.37. The van der Waals surface area contributed by atoms with Crippen LogP contribution >= 0.6 is 0 Å². The zero-order valence-corrected chi connectivity index (χ0v) is 10.1. The zero-order chi connectivity index (χ0) is 14.8. The quantitative estimate of drug-likeness (QED) is 0.670. The molecule has 0 aliphatic rings. The molecule has 104 valence electrons. The van der Waals surface area contributed by atoms with Crippen LogP contribution in [0.25, 0.3) is 0 Å². The number of nitrogens with one attached hydrogen (secondary N) is 1. The molecule has 0 atom stereocenters. The second-order valence-corrected chi connectivity index (χ2v) is 3.89. The number of benzene rings is 1. The van der Waals surface area contributed by atoms with Gasteiger partial charge in [-0.15, -0.1) is 0 Å². The van der Waals surface area contributed by atoms with Gasteiger partial charge in [-0.25, -0.2) is 0 Å². The molecule has 0 fully saturated rings. The Bertz CT molecular complexity index is 641. The second-order valence-electron chi connectivity index (χ2n) is 3.89. The number of halogens is 3. The first-order valence-corrected chi connectivity index (χ1v) is 5.52. The summed E-state index contributed by atoms with van der Waals surface area (Å²) in [6, 6.07) is 7.56. The maximum absolute atomic E-state index is 12.8. The highest BCUT2D eigenvalue weighted by atomic mass is 19.4. The fourth-order valence-electron chi connectivity index (χ4n) is 1.54. The van der Waals surface area contributed by atoms with E-state index in [0.717, 1.165) is 6.07 Å². The minimum Gasteiger partial charge on any atom is -0.457 e. The SMILES string of the molecule is N=C(N)c1cc(Oc2ccccc2C(F)(F)F)ccn1. The molecule has 20 heavy (non-hydrogen) atoms. The highest BCUT2D eigenvalue weighted by Gasteiger charge is 2.34. The van der Waals surface area contributed by atoms with Crippen molar-refractivity contribution in [2.24, 2.45) is 5.73 Å². The Hall–Kier alpha value is -2.57. The van der Waals surface area contributed by atoms with Crippen LogP contribution in [-0.4, -0.2) is 10.8 Å². The van der Waals surface area contributed by atoms with Crippen molar-refractivity contribution in [2.45, 2.75) is 6.18 Å². The van der Waals surface area contributed by atoms with Gasteiger partial charge in [-0.3, -0.25) is 10.4 Å². The molecule has 1 aromatic carbocycles. The molecule has 4 nitrogen and oxygen atoms in total. The van der Waals surface area contributed by atoms with Gasteiger partial charge in [0.25, 0.3) is 0 Å². The number of nitrogens with two attached hydrogens (primary N) is 1. The number of hydrogen-bond acceptors (Lipinski definition) is 3. The molecule has 0 aliphatic carbocycles. The normalized spacial score (nSPS) is 11.2. The maximum Gasteiger partial charge on any atom is 0.419 e. The summed E-state index contributed by atoms with van der Waals surface area (Å²) < 4.78 is 43.7. The largest absolute Gasteiger partial charge is 0.457 e. The van der Waals surface area contributed by atoms with Crippen molar-refractivity contribution in [1.82, 2.24) is 4.98 Å². The van der Waals surface area contributed by atoms with E-state index in [4.69, 9.17) is 15.9 Å². The maximum atomic E-state index is 12.8. The van der Waals surface area contributed by atoms with E-state index in [1.54, 1.807) is 0 Å². The van der Waals surface area contributed by atoms with Gasteiger partial charge in [0.2, 0.25) is 0 Å². The molecule has 0 saturated heterocycles. The number of amidine groups is 1. The number of nitrogens with zero attached hydrogens (tertiary/aromatic N) is 1. The van der Waals surface area contributed by atoms with Crippen molar-refractivity contribution < 1.29 is 17.9 Å². The summed E-state index contributed by atoms with van der Waals surface area (Å²) in [6.07, 6.45) is -3.20. The van der Waals surface area contributed by atoms with E-state index < -0.39 is 11.7 Å². The van der Waals surface area contributed by atoms with E-state index in [0.29, 0.717) is 0 Å². The van der Waals surface area contributed by atoms with Crippen LogP contribution < -0.4 is 10.5 Å². The van der Waals surface area contributed by atoms with Gasteiger partial charge in [-0.05, 0) is 18.2 Å². The Morgan fingerprint density at radius 1 is 1.20 bits per heavy atom. The van der Waals surface area contributed by atoms with Gasteiger partial charge in [0.15, 0.2) is 0 Å². The molecule has 0 radical (unpaired) electrons. The summed E-state index contributed by atoms with van der Waals surface area (Å²) in [5.74, 6) is -0.484. The highest BCUT2D eigenvalue weighted by molar-refractivity contribution is 5.93. The second kappa shape index (κ2) is 5.20. The lowest BCUT2D eigenvalue weighted by Crippen LogP contribution is -2.13. The molecule has 0 spiro atoms. The third kappa shape index (κ3) is 3.05. The number of nitrogen functional groups attached to an aromatic ring is 1. The van der Waals surface area contributed by atoms with Crippen LogP contribution in [0.15, 0.2) is 42.6 Å². The Labute approximate surface area is 112 Å². The Kier molecular flexibility index (Phi) is 3.60. The van der Waals surface area contributed by atoms with E-state index >= 15 is 0 Å². The first-order chi connectivity index (χ1) is 9.38. The van der Waals surface area contributed by atoms with Gasteiger partial charge in [0, 0.05) is 12.3 Å². The molecule has 0 unspecified atom stereocenters. The van der Waals surface area contributed by atoms with Crippen LogP contribution in [0.1, 0.15) is 11.3 Å². The van der Waals surface area contributed by atoms with Crippen molar-refractivity contribution in [2.75, 3.05) is 0 Å². The summed E-state index contributed by atoms with van der Waals surface area (Å²) in [7, 11) is 0. The number of rotatable bonds is 3. The van der Waals surface area contributed by atoms with Crippen molar-refractivity contribution in [3.63, 3.8) is 0 Å². The summed E-state index contributed by atoms with van der Waals surface area (Å²) in [5, 5.41) is 7.23. The predicted octanol–water partition coefficient (Wildman–Crippen LogP) is 3.18. The van der Waals surface area contributed by atoms with Crippen molar-refractivity contribution in [3.8, 4) is 11.5 Å². The van der Waals surface area contributed by atoms with Gasteiger partial charge in [-0.2, -0.15) is 13.2 Å². The summed E-state index contributed by atoms with van der Waals surface area (Å²) in [4.78, 5) is 3.80. The van der Waals surface area contributed by atoms with E-state index in [1.807, 2.05) is 0 Å². The minimum absolute atomic E-state index is 0.127. The molecule has 0 bridgehead atoms. The van der Waals surface area contributed by atoms with E-state index in [-0.39, 0.29) is 23.0 Å². The summed E-state index contributed by atoms with van der Waals surface area (Å²) in [6.45, 7) is 0. The number of aromatic nitrogens is 1. The fraction of sp³-hybridized carbons (Fsp3) is 0.0769. The zero-order valence-electron chi connectivity index (χ0n) is 10.1. The Morgan fingerprint density at radius 3 is 2.55 bits per heavy atom. The standard InChI is InChI=1S/C13H10F3N3O/c14-13(15,16)9-3-1-2-4-11(9)20-8-5-6-19-10(7-8)12(17)18/h1-7H,(H3,17,18). The van der Waals surface area contributed by atoms with Crippen LogP contribution in [0, 0.1) is 5.41 Å². The lowest BCUT2D eigenvalue weighted by Gasteiger charge is -2.13. The van der Waals surface area contributed by atoms with E-state index in [9.17, 15) is 13.2 Å². The molecule has 1 aromatic heterocycles. The molecule has 2 rings (SSSR count). The topological polar surface area (TPSA) is 72.0 Å². The fourth-order valence-corrected chi connectivity index (χ4v) is 1.54. The average Bonchev–Trinajstić information content (AvgIpc) is 2.38. The lowest BCUT2D eigenvalue weighted by molar-refractivity contribution is -0.138. The smallest absolute Gasteiger partial charge is 0.419 e. The number of hydrogen-bond donors (Lipinski definition) is 2. The molecule has 2 aromatic rings. The molecular formula is C13H10F3N3O. The molecule has 0 amide bonds. The van der Waals surface area contributed by atoms with Crippen LogP contribution in [0.2, 0.25) is 0 Å². The van der Waals surface area contributed by atoms with Crippen molar-refractivity contribution in [3.05, 3.63) is 53.9 Å². The predicted molar refractivity (Wildman–Crippen MR) is 66.8 cm³/mol. The number of pyridine rings is 1. The first-order valence-electron chi connectivity index (χ1n) is 5.52. The third-order valence-electron chi connectivity index (χ3n) is 2.43. The molecule has 0 aliphatic heterocycles. The molecule has 7 heteroatoms. The number of alkyl halides is 3. The summed E-state index contributed by atoms with van der Waals surface area (Å²) >= 11 is 0. The lowest BCUT2D eigenvalue weighted by atomic mass is 10.2. The van der Waals surface area contributed by atoms with Crippen LogP contribution in [0.4, 0.5) is 13.2 Å². The summed E-state index contributed by atoms with van der Waals surface area (Å²) in [5.41, 5.74) is 4.52. The molecule has 1 heterocycles. The van der Waals surface area contributed by atoms with E-state index in [1.165, 1.54) is 36.5 Å². The Morgan fingerprint density at radius 2 is 1.90 bits per heavy atom. The van der Waals surface area contributed by atoms with Gasteiger partial charge in [-0.1, -0.05) is 12.1 Å². The van der Waals surface area contributed by atoms with Gasteiger partial charge in [0.1, 0.15) is 23.0 Å². The minimum atomic E-state index is -4.51. The third-order valence-corrected chi connectivity index (χ3v) is 2.43.